The van der Waals surface area contributed by atoms with Gasteiger partial charge in [-0.2, -0.15) is 4.31 Å². The van der Waals surface area contributed by atoms with Crippen molar-refractivity contribution in [3.8, 4) is 5.75 Å². The summed E-state index contributed by atoms with van der Waals surface area (Å²) in [6.45, 7) is 4.02. The quantitative estimate of drug-likeness (QED) is 0.571. The van der Waals surface area contributed by atoms with Crippen LogP contribution in [0.1, 0.15) is 29.8 Å². The number of hydrogen-bond donors (Lipinski definition) is 1. The lowest BCUT2D eigenvalue weighted by Crippen LogP contribution is -2.31. The second-order valence-electron chi connectivity index (χ2n) is 6.96. The Balaban J connectivity index is 1.79. The Labute approximate surface area is 181 Å². The molecule has 0 aliphatic heterocycles. The molecule has 0 spiro atoms. The van der Waals surface area contributed by atoms with Crippen LogP contribution in [0.4, 0.5) is 4.39 Å². The van der Waals surface area contributed by atoms with Crippen LogP contribution in [0.2, 0.25) is 0 Å². The molecule has 0 radical (unpaired) electrons. The number of sulfonamides is 1. The van der Waals surface area contributed by atoms with Crippen LogP contribution in [0.15, 0.2) is 59.5 Å². The minimum absolute atomic E-state index is 0.0812. The first-order chi connectivity index (χ1) is 14.8. The number of hydrogen-bond acceptors (Lipinski definition) is 4. The number of rotatable bonds is 8. The maximum Gasteiger partial charge on any atom is 0.251 e. The summed E-state index contributed by atoms with van der Waals surface area (Å²) in [5.41, 5.74) is 0.960. The van der Waals surface area contributed by atoms with Gasteiger partial charge in [0.1, 0.15) is 16.5 Å². The van der Waals surface area contributed by atoms with E-state index in [0.29, 0.717) is 0 Å². The third-order valence-electron chi connectivity index (χ3n) is 5.08. The summed E-state index contributed by atoms with van der Waals surface area (Å²) >= 11 is 0. The van der Waals surface area contributed by atoms with Crippen molar-refractivity contribution in [1.82, 2.24) is 9.62 Å². The minimum Gasteiger partial charge on any atom is -0.497 e. The van der Waals surface area contributed by atoms with E-state index in [1.54, 1.807) is 21.0 Å². The molecule has 0 atom stereocenters. The Kier molecular flexibility index (Phi) is 6.92. The molecular formula is C23H25FN2O4S. The lowest BCUT2D eigenvalue weighted by Gasteiger charge is -2.19. The van der Waals surface area contributed by atoms with E-state index < -0.39 is 26.6 Å². The van der Waals surface area contributed by atoms with Crippen molar-refractivity contribution >= 4 is 26.7 Å². The number of amides is 1. The Morgan fingerprint density at radius 3 is 2.35 bits per heavy atom. The number of fused-ring (bicyclic) bond motifs is 1. The summed E-state index contributed by atoms with van der Waals surface area (Å²) in [6.07, 6.45) is 0. The van der Waals surface area contributed by atoms with E-state index in [9.17, 15) is 17.6 Å². The van der Waals surface area contributed by atoms with E-state index in [1.165, 1.54) is 6.07 Å². The monoisotopic (exact) mass is 444 g/mol. The molecule has 0 aromatic heterocycles. The fourth-order valence-corrected chi connectivity index (χ4v) is 4.89. The highest BCUT2D eigenvalue weighted by atomic mass is 32.2. The second-order valence-corrected chi connectivity index (χ2v) is 8.87. The highest BCUT2D eigenvalue weighted by Gasteiger charge is 2.26. The molecule has 0 aliphatic carbocycles. The second kappa shape index (κ2) is 9.45. The highest BCUT2D eigenvalue weighted by Crippen LogP contribution is 2.23. The summed E-state index contributed by atoms with van der Waals surface area (Å²) in [5, 5.41) is 4.78. The molecule has 1 N–H and O–H groups in total. The summed E-state index contributed by atoms with van der Waals surface area (Å²) in [5.74, 6) is -0.598. The molecule has 3 aromatic carbocycles. The van der Waals surface area contributed by atoms with Crippen LogP contribution in [0.5, 0.6) is 5.75 Å². The lowest BCUT2D eigenvalue weighted by atomic mass is 10.1. The summed E-state index contributed by atoms with van der Waals surface area (Å²) in [7, 11) is -2.41. The molecule has 0 saturated heterocycles. The minimum atomic E-state index is -4.02. The predicted molar refractivity (Wildman–Crippen MR) is 118 cm³/mol. The molecule has 0 saturated carbocycles. The third kappa shape index (κ3) is 4.86. The lowest BCUT2D eigenvalue weighted by molar-refractivity contribution is 0.0950. The van der Waals surface area contributed by atoms with Crippen LogP contribution in [0.25, 0.3) is 10.8 Å². The van der Waals surface area contributed by atoms with E-state index in [4.69, 9.17) is 4.74 Å². The van der Waals surface area contributed by atoms with Crippen LogP contribution in [0.3, 0.4) is 0 Å². The zero-order chi connectivity index (χ0) is 22.6. The standard InChI is InChI=1S/C23H25FN2O4S/c1-4-26(5-2)31(28,29)22-14-19(9-11-21(22)24)23(27)25-15-16-6-7-18-13-20(30-3)10-8-17(18)12-16/h6-14H,4-5,15H2,1-3H3,(H,25,27). The van der Waals surface area contributed by atoms with Gasteiger partial charge in [-0.3, -0.25) is 4.79 Å². The van der Waals surface area contributed by atoms with Crippen LogP contribution in [0, 0.1) is 5.82 Å². The smallest absolute Gasteiger partial charge is 0.251 e. The molecule has 31 heavy (non-hydrogen) atoms. The van der Waals surface area contributed by atoms with Gasteiger partial charge in [-0.15, -0.1) is 0 Å². The number of nitrogens with zero attached hydrogens (tertiary/aromatic N) is 1. The Hall–Kier alpha value is -2.97. The number of halogens is 1. The molecule has 1 amide bonds. The van der Waals surface area contributed by atoms with Gasteiger partial charge in [0.15, 0.2) is 0 Å². The van der Waals surface area contributed by atoms with E-state index in [-0.39, 0.29) is 25.2 Å². The predicted octanol–water partition coefficient (Wildman–Crippen LogP) is 3.95. The number of nitrogens with one attached hydrogen (secondary N) is 1. The first kappa shape index (κ1) is 22.7. The van der Waals surface area contributed by atoms with Gasteiger partial charge in [-0.25, -0.2) is 12.8 Å². The van der Waals surface area contributed by atoms with E-state index in [2.05, 4.69) is 5.32 Å². The SMILES string of the molecule is CCN(CC)S(=O)(=O)c1cc(C(=O)NCc2ccc3cc(OC)ccc3c2)ccc1F. The van der Waals surface area contributed by atoms with Crippen molar-refractivity contribution in [2.24, 2.45) is 0 Å². The Bertz CT molecular complexity index is 1210. The zero-order valence-electron chi connectivity index (χ0n) is 17.7. The normalized spacial score (nSPS) is 11.6. The van der Waals surface area contributed by atoms with Crippen LogP contribution >= 0.6 is 0 Å². The molecule has 164 valence electrons. The van der Waals surface area contributed by atoms with E-state index >= 15 is 0 Å². The van der Waals surface area contributed by atoms with Gasteiger partial charge >= 0.3 is 0 Å². The van der Waals surface area contributed by atoms with Gasteiger partial charge in [0.25, 0.3) is 5.91 Å². The topological polar surface area (TPSA) is 75.7 Å². The number of carbonyl (C=O) groups excluding carboxylic acids is 1. The first-order valence-electron chi connectivity index (χ1n) is 9.94. The van der Waals surface area contributed by atoms with Crippen LogP contribution in [-0.4, -0.2) is 38.8 Å². The van der Waals surface area contributed by atoms with Crippen LogP contribution in [-0.2, 0) is 16.6 Å². The highest BCUT2D eigenvalue weighted by molar-refractivity contribution is 7.89. The fourth-order valence-electron chi connectivity index (χ4n) is 3.34. The number of carbonyl (C=O) groups is 1. The maximum absolute atomic E-state index is 14.3. The molecule has 0 unspecified atom stereocenters. The van der Waals surface area contributed by atoms with Crippen molar-refractivity contribution in [2.45, 2.75) is 25.3 Å². The van der Waals surface area contributed by atoms with Crippen molar-refractivity contribution < 1.29 is 22.3 Å². The van der Waals surface area contributed by atoms with E-state index in [1.807, 2.05) is 36.4 Å². The van der Waals surface area contributed by atoms with Gasteiger partial charge in [-0.05, 0) is 52.7 Å². The van der Waals surface area contributed by atoms with Gasteiger partial charge in [0.05, 0.1) is 7.11 Å². The molecule has 6 nitrogen and oxygen atoms in total. The summed E-state index contributed by atoms with van der Waals surface area (Å²) in [4.78, 5) is 12.1. The molecule has 0 fully saturated rings. The average Bonchev–Trinajstić information content (AvgIpc) is 2.77. The van der Waals surface area contributed by atoms with Gasteiger partial charge in [-0.1, -0.05) is 32.0 Å². The van der Waals surface area contributed by atoms with Gasteiger partial charge in [0.2, 0.25) is 10.0 Å². The summed E-state index contributed by atoms with van der Waals surface area (Å²) in [6, 6.07) is 14.9. The molecular weight excluding hydrogens is 419 g/mol. The molecule has 8 heteroatoms. The summed E-state index contributed by atoms with van der Waals surface area (Å²) < 4.78 is 46.0. The maximum atomic E-state index is 14.3. The Morgan fingerprint density at radius 1 is 1.00 bits per heavy atom. The van der Waals surface area contributed by atoms with Crippen molar-refractivity contribution in [3.05, 3.63) is 71.5 Å². The number of benzene rings is 3. The molecule has 3 aromatic rings. The molecule has 0 heterocycles. The largest absolute Gasteiger partial charge is 0.497 e. The fraction of sp³-hybridized carbons (Fsp3) is 0.261. The van der Waals surface area contributed by atoms with Gasteiger partial charge < -0.3 is 10.1 Å². The molecule has 3 rings (SSSR count). The van der Waals surface area contributed by atoms with Gasteiger partial charge in [0, 0.05) is 25.2 Å². The first-order valence-corrected chi connectivity index (χ1v) is 11.4. The van der Waals surface area contributed by atoms with Crippen molar-refractivity contribution in [3.63, 3.8) is 0 Å². The molecule has 0 bridgehead atoms. The number of ether oxygens (including phenoxy) is 1. The zero-order valence-corrected chi connectivity index (χ0v) is 18.5. The van der Waals surface area contributed by atoms with Crippen molar-refractivity contribution in [1.29, 1.82) is 0 Å². The van der Waals surface area contributed by atoms with Crippen LogP contribution < -0.4 is 10.1 Å². The third-order valence-corrected chi connectivity index (χ3v) is 7.15. The van der Waals surface area contributed by atoms with Crippen molar-refractivity contribution in [2.75, 3.05) is 20.2 Å². The Morgan fingerprint density at radius 2 is 1.68 bits per heavy atom. The van der Waals surface area contributed by atoms with E-state index in [0.717, 1.165) is 38.5 Å². The molecule has 0 aliphatic rings. The number of methoxy groups -OCH3 is 1. The average molecular weight is 445 g/mol.